The third kappa shape index (κ3) is 8.80. The van der Waals surface area contributed by atoms with E-state index in [1.165, 1.54) is 22.3 Å². The molecule has 8 nitrogen and oxygen atoms in total. The monoisotopic (exact) mass is 662 g/mol. The predicted molar refractivity (Wildman–Crippen MR) is 159 cm³/mol. The quantitative estimate of drug-likeness (QED) is 0.207. The summed E-state index contributed by atoms with van der Waals surface area (Å²) in [6.07, 6.45) is -6.18. The van der Waals surface area contributed by atoms with Gasteiger partial charge in [0.2, 0.25) is 0 Å². The fourth-order valence-electron chi connectivity index (χ4n) is 5.49. The highest BCUT2D eigenvalue weighted by Crippen LogP contribution is 2.38. The summed E-state index contributed by atoms with van der Waals surface area (Å²) in [7, 11) is 1.51. The Hall–Kier alpha value is -3.55. The van der Waals surface area contributed by atoms with Gasteiger partial charge in [0.15, 0.2) is 0 Å². The van der Waals surface area contributed by atoms with E-state index in [9.17, 15) is 36.2 Å². The van der Waals surface area contributed by atoms with E-state index in [4.69, 9.17) is 0 Å². The summed E-state index contributed by atoms with van der Waals surface area (Å²) in [6.45, 7) is 6.24. The third-order valence-electron chi connectivity index (χ3n) is 7.99. The Kier molecular flexibility index (Phi) is 11.0. The molecule has 1 N–H and O–H groups in total. The van der Waals surface area contributed by atoms with Gasteiger partial charge in [-0.05, 0) is 105 Å². The summed E-state index contributed by atoms with van der Waals surface area (Å²) < 4.78 is 81.7. The molecule has 0 saturated carbocycles. The molecule has 0 atom stereocenters. The molecule has 45 heavy (non-hydrogen) atoms. The first-order chi connectivity index (χ1) is 20.5. The van der Waals surface area contributed by atoms with Crippen molar-refractivity contribution in [2.75, 3.05) is 22.9 Å². The highest BCUT2D eigenvalue weighted by molar-refractivity contribution is 5.85. The maximum absolute atomic E-state index is 13.6. The lowest BCUT2D eigenvalue weighted by Crippen LogP contribution is -2.30. The zero-order valence-electron chi connectivity index (χ0n) is 25.5. The second-order valence-corrected chi connectivity index (χ2v) is 11.8. The molecule has 0 amide bonds. The van der Waals surface area contributed by atoms with Crippen LogP contribution in [0.1, 0.15) is 73.4 Å². The van der Waals surface area contributed by atoms with Crippen LogP contribution in [0.3, 0.4) is 0 Å². The Labute approximate surface area is 263 Å². The average molecular weight is 663 g/mol. The van der Waals surface area contributed by atoms with Crippen LogP contribution in [0.2, 0.25) is 0 Å². The number of nitrogens with zero attached hydrogens (tertiary/aromatic N) is 6. The molecule has 1 aromatic heterocycles. The lowest BCUT2D eigenvalue weighted by Gasteiger charge is -2.30. The molecule has 248 valence electrons. The Bertz CT molecular complexity index is 1460. The number of benzene rings is 2. The molecule has 1 aliphatic rings. The predicted octanol–water partition coefficient (Wildman–Crippen LogP) is 7.08. The number of rotatable bonds is 12. The van der Waals surface area contributed by atoms with Gasteiger partial charge in [-0.25, -0.2) is 0 Å². The summed E-state index contributed by atoms with van der Waals surface area (Å²) in [6, 6.07) is 5.67. The maximum atomic E-state index is 13.6. The molecule has 2 aromatic carbocycles. The van der Waals surface area contributed by atoms with Gasteiger partial charge in [-0.1, -0.05) is 11.2 Å². The van der Waals surface area contributed by atoms with Crippen LogP contribution in [0.25, 0.3) is 0 Å². The number of fused-ring (bicyclic) bond motifs is 1. The molecule has 1 heterocycles. The summed E-state index contributed by atoms with van der Waals surface area (Å²) in [5, 5.41) is 21.6. The van der Waals surface area contributed by atoms with Crippen LogP contribution in [-0.2, 0) is 50.1 Å². The molecule has 0 aliphatic heterocycles. The fourth-order valence-corrected chi connectivity index (χ4v) is 5.49. The zero-order chi connectivity index (χ0) is 32.4. The van der Waals surface area contributed by atoms with Crippen molar-refractivity contribution in [2.24, 2.45) is 12.5 Å². The van der Waals surface area contributed by atoms with E-state index in [1.54, 1.807) is 13.8 Å². The van der Waals surface area contributed by atoms with E-state index < -0.39 is 34.9 Å². The zero-order valence-corrected chi connectivity index (χ0v) is 26.3. The van der Waals surface area contributed by atoms with Crippen molar-refractivity contribution in [1.82, 2.24) is 20.2 Å². The van der Waals surface area contributed by atoms with E-state index in [2.05, 4.69) is 26.4 Å². The highest BCUT2D eigenvalue weighted by atomic mass is 35.5. The normalized spacial score (nSPS) is 13.4. The molecule has 15 heteroatoms. The minimum atomic E-state index is -4.98. The van der Waals surface area contributed by atoms with Gasteiger partial charge in [-0.15, -0.1) is 17.5 Å². The van der Waals surface area contributed by atoms with Crippen molar-refractivity contribution in [1.29, 1.82) is 0 Å². The molecule has 0 fully saturated rings. The molecule has 1 aliphatic carbocycles. The summed E-state index contributed by atoms with van der Waals surface area (Å²) in [4.78, 5) is 16.4. The largest absolute Gasteiger partial charge is 0.481 e. The van der Waals surface area contributed by atoms with Crippen LogP contribution in [0.4, 0.5) is 38.0 Å². The minimum absolute atomic E-state index is 0. The lowest BCUT2D eigenvalue weighted by atomic mass is 9.88. The van der Waals surface area contributed by atoms with Gasteiger partial charge in [0.05, 0.1) is 23.6 Å². The first-order valence-corrected chi connectivity index (χ1v) is 14.4. The molecule has 0 bridgehead atoms. The number of anilines is 2. The number of halogens is 7. The Morgan fingerprint density at radius 2 is 1.53 bits per heavy atom. The second kappa shape index (κ2) is 13.8. The number of aryl methyl sites for hydroxylation is 3. The number of hydrogen-bond acceptors (Lipinski definition) is 6. The van der Waals surface area contributed by atoms with E-state index in [0.717, 1.165) is 36.1 Å². The van der Waals surface area contributed by atoms with Crippen molar-refractivity contribution in [3.63, 3.8) is 0 Å². The van der Waals surface area contributed by atoms with Crippen molar-refractivity contribution in [2.45, 2.75) is 78.3 Å². The minimum Gasteiger partial charge on any atom is -0.481 e. The highest BCUT2D eigenvalue weighted by Gasteiger charge is 2.37. The third-order valence-corrected chi connectivity index (χ3v) is 7.99. The summed E-state index contributed by atoms with van der Waals surface area (Å²) >= 11 is 0. The van der Waals surface area contributed by atoms with Crippen LogP contribution in [0.15, 0.2) is 30.3 Å². The van der Waals surface area contributed by atoms with E-state index >= 15 is 0 Å². The van der Waals surface area contributed by atoms with Gasteiger partial charge in [0, 0.05) is 31.9 Å². The molecule has 3 aromatic rings. The van der Waals surface area contributed by atoms with Crippen molar-refractivity contribution < 1.29 is 36.2 Å². The second-order valence-electron chi connectivity index (χ2n) is 11.8. The van der Waals surface area contributed by atoms with Gasteiger partial charge >= 0.3 is 18.3 Å². The van der Waals surface area contributed by atoms with E-state index in [0.29, 0.717) is 38.1 Å². The number of aromatic nitrogens is 4. The van der Waals surface area contributed by atoms with Crippen molar-refractivity contribution in [3.8, 4) is 0 Å². The summed E-state index contributed by atoms with van der Waals surface area (Å²) in [5.41, 5.74) is 0.112. The average Bonchev–Trinajstić information content (AvgIpc) is 3.57. The van der Waals surface area contributed by atoms with Gasteiger partial charge in [0.1, 0.15) is 0 Å². The van der Waals surface area contributed by atoms with Crippen LogP contribution in [0.5, 0.6) is 0 Å². The lowest BCUT2D eigenvalue weighted by molar-refractivity contribution is -0.147. The Balaban J connectivity index is 0.00000552. The number of aliphatic carboxylic acids is 1. The molecule has 0 spiro atoms. The first kappa shape index (κ1) is 35.9. The van der Waals surface area contributed by atoms with Gasteiger partial charge < -0.3 is 14.9 Å². The number of carbonyl (C=O) groups is 1. The SMILES string of the molecule is CCN(CCCC(C)(C)C(=O)O)c1cc2c(cc1CN(Cc1cc(C(F)(F)F)cc(C(F)(F)F)c1)c1nnn(C)n1)CCC2.Cl. The Morgan fingerprint density at radius 1 is 0.933 bits per heavy atom. The molecule has 0 saturated heterocycles. The maximum Gasteiger partial charge on any atom is 0.416 e. The van der Waals surface area contributed by atoms with Crippen LogP contribution >= 0.6 is 12.4 Å². The smallest absolute Gasteiger partial charge is 0.416 e. The topological polar surface area (TPSA) is 87.4 Å². The number of tetrazole rings is 1. The number of alkyl halides is 6. The number of hydrogen-bond donors (Lipinski definition) is 1. The first-order valence-electron chi connectivity index (χ1n) is 14.4. The molecule has 0 radical (unpaired) electrons. The standard InChI is InChI=1S/C30H36F6N6O2.ClH/c1-5-41(11-7-10-28(2,3)26(43)44)25-15-21-9-6-8-20(21)14-22(25)18-42(27-37-39-40(4)38-27)17-19-12-23(29(31,32)33)16-24(13-19)30(34,35)36;/h12-16H,5-11,17-18H2,1-4H3,(H,43,44);1H. The van der Waals surface area contributed by atoms with Gasteiger partial charge in [0.25, 0.3) is 5.95 Å². The van der Waals surface area contributed by atoms with Gasteiger partial charge in [-0.2, -0.15) is 31.1 Å². The van der Waals surface area contributed by atoms with Crippen LogP contribution in [0, 0.1) is 5.41 Å². The van der Waals surface area contributed by atoms with E-state index in [-0.39, 0.29) is 43.1 Å². The van der Waals surface area contributed by atoms with Crippen molar-refractivity contribution >= 4 is 30.0 Å². The van der Waals surface area contributed by atoms with Crippen LogP contribution < -0.4 is 9.80 Å². The Morgan fingerprint density at radius 3 is 2.04 bits per heavy atom. The molecule has 4 rings (SSSR count). The van der Waals surface area contributed by atoms with Crippen molar-refractivity contribution in [3.05, 3.63) is 63.7 Å². The summed E-state index contributed by atoms with van der Waals surface area (Å²) in [5.74, 6) is -0.828. The molecular formula is C30H37ClF6N6O2. The fraction of sp³-hybridized carbons (Fsp3) is 0.533. The molecular weight excluding hydrogens is 626 g/mol. The molecule has 0 unspecified atom stereocenters. The van der Waals surface area contributed by atoms with E-state index in [1.807, 2.05) is 13.0 Å². The van der Waals surface area contributed by atoms with Gasteiger partial charge in [-0.3, -0.25) is 4.79 Å². The number of carboxylic acids is 1. The number of carboxylic acid groups (broad SMARTS) is 1. The van der Waals surface area contributed by atoms with Crippen LogP contribution in [-0.4, -0.2) is 44.4 Å².